The zero-order valence-corrected chi connectivity index (χ0v) is 15.8. The summed E-state index contributed by atoms with van der Waals surface area (Å²) in [5.41, 5.74) is 3.00. The van der Waals surface area contributed by atoms with Gasteiger partial charge in [0.2, 0.25) is 0 Å². The van der Waals surface area contributed by atoms with E-state index in [1.807, 2.05) is 18.2 Å². The van der Waals surface area contributed by atoms with E-state index < -0.39 is 5.97 Å². The normalized spacial score (nSPS) is 12.8. The van der Waals surface area contributed by atoms with Crippen LogP contribution in [-0.2, 0) is 27.3 Å². The smallest absolute Gasteiger partial charge is 0.309 e. The zero-order chi connectivity index (χ0) is 19.9. The first-order valence-corrected chi connectivity index (χ1v) is 9.27. The maximum Gasteiger partial charge on any atom is 0.309 e. The predicted molar refractivity (Wildman–Crippen MR) is 103 cm³/mol. The summed E-state index contributed by atoms with van der Waals surface area (Å²) in [5.74, 6) is -0.118. The lowest BCUT2D eigenvalue weighted by Crippen LogP contribution is -2.38. The molecular weight excluding hydrogens is 358 g/mol. The number of fused-ring (bicyclic) bond motifs is 1. The molecule has 0 aliphatic carbocycles. The molecule has 0 spiro atoms. The highest BCUT2D eigenvalue weighted by molar-refractivity contribution is 5.94. The number of hydrogen-bond acceptors (Lipinski definition) is 5. The number of hydrogen-bond donors (Lipinski definition) is 0. The van der Waals surface area contributed by atoms with Crippen LogP contribution in [0.2, 0.25) is 0 Å². The standard InChI is InChI=1S/C22H23NO5/c1-16(24)17-6-8-20(9-7-17)27-13-11-22(26)28-15-21(25)23-12-10-18-4-2-3-5-19(18)14-23/h2-9H,10-15H2,1H3. The second-order valence-electron chi connectivity index (χ2n) is 6.67. The number of carbonyl (C=O) groups is 3. The summed E-state index contributed by atoms with van der Waals surface area (Å²) in [7, 11) is 0. The summed E-state index contributed by atoms with van der Waals surface area (Å²) in [5, 5.41) is 0. The molecule has 0 unspecified atom stereocenters. The van der Waals surface area contributed by atoms with Crippen molar-refractivity contribution in [3.63, 3.8) is 0 Å². The van der Waals surface area contributed by atoms with Crippen LogP contribution in [0.25, 0.3) is 0 Å². The Labute approximate surface area is 164 Å². The Balaban J connectivity index is 1.37. The number of ether oxygens (including phenoxy) is 2. The predicted octanol–water partition coefficient (Wildman–Crippen LogP) is 2.79. The highest BCUT2D eigenvalue weighted by atomic mass is 16.5. The molecule has 6 heteroatoms. The lowest BCUT2D eigenvalue weighted by Gasteiger charge is -2.28. The molecule has 0 fully saturated rings. The molecule has 0 saturated heterocycles. The van der Waals surface area contributed by atoms with E-state index in [2.05, 4.69) is 6.07 Å². The average molecular weight is 381 g/mol. The second-order valence-corrected chi connectivity index (χ2v) is 6.67. The third-order valence-electron chi connectivity index (χ3n) is 4.68. The largest absolute Gasteiger partial charge is 0.493 e. The van der Waals surface area contributed by atoms with Gasteiger partial charge in [-0.05, 0) is 48.7 Å². The summed E-state index contributed by atoms with van der Waals surface area (Å²) in [6.07, 6.45) is 0.858. The Morgan fingerprint density at radius 2 is 1.71 bits per heavy atom. The molecule has 6 nitrogen and oxygen atoms in total. The molecule has 1 heterocycles. The van der Waals surface area contributed by atoms with Gasteiger partial charge in [-0.3, -0.25) is 14.4 Å². The lowest BCUT2D eigenvalue weighted by molar-refractivity contribution is -0.152. The van der Waals surface area contributed by atoms with Crippen molar-refractivity contribution in [2.24, 2.45) is 0 Å². The molecule has 0 aromatic heterocycles. The summed E-state index contributed by atoms with van der Waals surface area (Å²) in [6, 6.07) is 14.8. The van der Waals surface area contributed by atoms with Gasteiger partial charge in [0, 0.05) is 18.7 Å². The Hall–Kier alpha value is -3.15. The van der Waals surface area contributed by atoms with Crippen LogP contribution in [0.5, 0.6) is 5.75 Å². The van der Waals surface area contributed by atoms with Crippen LogP contribution in [0.3, 0.4) is 0 Å². The molecule has 0 atom stereocenters. The van der Waals surface area contributed by atoms with Gasteiger partial charge in [0.15, 0.2) is 12.4 Å². The number of rotatable bonds is 7. The van der Waals surface area contributed by atoms with E-state index in [4.69, 9.17) is 9.47 Å². The summed E-state index contributed by atoms with van der Waals surface area (Å²) >= 11 is 0. The van der Waals surface area contributed by atoms with E-state index in [0.29, 0.717) is 24.4 Å². The van der Waals surface area contributed by atoms with E-state index in [1.165, 1.54) is 12.5 Å². The molecule has 0 radical (unpaired) electrons. The van der Waals surface area contributed by atoms with E-state index in [0.717, 1.165) is 12.0 Å². The van der Waals surface area contributed by atoms with E-state index in [-0.39, 0.29) is 31.3 Å². The van der Waals surface area contributed by atoms with Crippen LogP contribution < -0.4 is 4.74 Å². The van der Waals surface area contributed by atoms with E-state index >= 15 is 0 Å². The minimum absolute atomic E-state index is 0.0167. The third kappa shape index (κ3) is 5.19. The van der Waals surface area contributed by atoms with Crippen molar-refractivity contribution in [2.75, 3.05) is 19.8 Å². The molecular formula is C22H23NO5. The maximum atomic E-state index is 12.3. The number of ketones is 1. The summed E-state index contributed by atoms with van der Waals surface area (Å²) in [4.78, 5) is 37.1. The fraction of sp³-hybridized carbons (Fsp3) is 0.318. The van der Waals surface area contributed by atoms with Gasteiger partial charge in [0.25, 0.3) is 5.91 Å². The van der Waals surface area contributed by atoms with Crippen LogP contribution in [0.15, 0.2) is 48.5 Å². The van der Waals surface area contributed by atoms with Crippen molar-refractivity contribution >= 4 is 17.7 Å². The monoisotopic (exact) mass is 381 g/mol. The molecule has 0 bridgehead atoms. The molecule has 1 amide bonds. The van der Waals surface area contributed by atoms with Crippen molar-refractivity contribution in [3.8, 4) is 5.75 Å². The number of carbonyl (C=O) groups excluding carboxylic acids is 3. The minimum Gasteiger partial charge on any atom is -0.493 e. The van der Waals surface area contributed by atoms with Crippen LogP contribution >= 0.6 is 0 Å². The molecule has 1 aliphatic rings. The SMILES string of the molecule is CC(=O)c1ccc(OCCC(=O)OCC(=O)N2CCc3ccccc3C2)cc1. The number of esters is 1. The summed E-state index contributed by atoms with van der Waals surface area (Å²) < 4.78 is 10.5. The first kappa shape index (κ1) is 19.6. The third-order valence-corrected chi connectivity index (χ3v) is 4.68. The number of Topliss-reactive ketones (excluding diaryl/α,β-unsaturated/α-hetero) is 1. The minimum atomic E-state index is -0.480. The van der Waals surface area contributed by atoms with E-state index in [9.17, 15) is 14.4 Å². The Morgan fingerprint density at radius 3 is 2.43 bits per heavy atom. The molecule has 28 heavy (non-hydrogen) atoms. The maximum absolute atomic E-state index is 12.3. The number of nitrogens with zero attached hydrogens (tertiary/aromatic N) is 1. The quantitative estimate of drug-likeness (QED) is 0.545. The van der Waals surface area contributed by atoms with Gasteiger partial charge < -0.3 is 14.4 Å². The van der Waals surface area contributed by atoms with Crippen LogP contribution in [0.1, 0.15) is 34.8 Å². The van der Waals surface area contributed by atoms with Crippen molar-refractivity contribution in [3.05, 3.63) is 65.2 Å². The Kier molecular flexibility index (Phi) is 6.42. The molecule has 0 N–H and O–H groups in total. The highest BCUT2D eigenvalue weighted by Gasteiger charge is 2.21. The van der Waals surface area contributed by atoms with Gasteiger partial charge in [-0.15, -0.1) is 0 Å². The van der Waals surface area contributed by atoms with Crippen LogP contribution in [0.4, 0.5) is 0 Å². The highest BCUT2D eigenvalue weighted by Crippen LogP contribution is 2.18. The van der Waals surface area contributed by atoms with Gasteiger partial charge in [-0.2, -0.15) is 0 Å². The topological polar surface area (TPSA) is 72.9 Å². The number of benzene rings is 2. The average Bonchev–Trinajstić information content (AvgIpc) is 2.72. The fourth-order valence-corrected chi connectivity index (χ4v) is 3.05. The molecule has 2 aromatic rings. The first-order valence-electron chi connectivity index (χ1n) is 9.27. The molecule has 146 valence electrons. The number of amides is 1. The molecule has 3 rings (SSSR count). The Morgan fingerprint density at radius 1 is 1.00 bits per heavy atom. The molecule has 0 saturated carbocycles. The van der Waals surface area contributed by atoms with Crippen molar-refractivity contribution in [2.45, 2.75) is 26.3 Å². The summed E-state index contributed by atoms with van der Waals surface area (Å²) in [6.45, 7) is 2.56. The van der Waals surface area contributed by atoms with Crippen molar-refractivity contribution in [1.82, 2.24) is 4.90 Å². The van der Waals surface area contributed by atoms with Gasteiger partial charge >= 0.3 is 5.97 Å². The van der Waals surface area contributed by atoms with Crippen molar-refractivity contribution in [1.29, 1.82) is 0 Å². The molecule has 1 aliphatic heterocycles. The van der Waals surface area contributed by atoms with Gasteiger partial charge in [-0.25, -0.2) is 0 Å². The van der Waals surface area contributed by atoms with Gasteiger partial charge in [-0.1, -0.05) is 24.3 Å². The van der Waals surface area contributed by atoms with Gasteiger partial charge in [0.05, 0.1) is 13.0 Å². The fourth-order valence-electron chi connectivity index (χ4n) is 3.05. The first-order chi connectivity index (χ1) is 13.5. The van der Waals surface area contributed by atoms with Crippen LogP contribution in [0, 0.1) is 0 Å². The van der Waals surface area contributed by atoms with Crippen molar-refractivity contribution < 1.29 is 23.9 Å². The zero-order valence-electron chi connectivity index (χ0n) is 15.8. The van der Waals surface area contributed by atoms with Crippen LogP contribution in [-0.4, -0.2) is 42.3 Å². The second kappa shape index (κ2) is 9.17. The molecule has 2 aromatic carbocycles. The van der Waals surface area contributed by atoms with Gasteiger partial charge in [0.1, 0.15) is 5.75 Å². The lowest BCUT2D eigenvalue weighted by atomic mass is 10.00. The van der Waals surface area contributed by atoms with E-state index in [1.54, 1.807) is 29.2 Å². The Bertz CT molecular complexity index is 859.